The molecule has 4 saturated carbocycles. The summed E-state index contributed by atoms with van der Waals surface area (Å²) in [7, 11) is 0. The maximum Gasteiger partial charge on any atom is 0.133 e. The van der Waals surface area contributed by atoms with Crippen LogP contribution < -0.4 is 0 Å². The second-order valence-corrected chi connectivity index (χ2v) is 9.04. The quantitative estimate of drug-likeness (QED) is 0.733. The fraction of sp³-hybridized carbons (Fsp3) is 0.947. The molecule has 21 heavy (non-hydrogen) atoms. The van der Waals surface area contributed by atoms with Crippen molar-refractivity contribution in [3.63, 3.8) is 0 Å². The SMILES string of the molecule is C[C@]12CCC(=O)CC1CC[C@@H]1[C@@H]2CC[C@]2(C)C(O)CC[C@@H]12. The molecule has 118 valence electrons. The van der Waals surface area contributed by atoms with Gasteiger partial charge in [-0.15, -0.1) is 0 Å². The Morgan fingerprint density at radius 2 is 1.71 bits per heavy atom. The third kappa shape index (κ3) is 1.84. The monoisotopic (exact) mass is 290 g/mol. The first kappa shape index (κ1) is 14.2. The van der Waals surface area contributed by atoms with Crippen molar-refractivity contribution in [2.75, 3.05) is 0 Å². The highest BCUT2D eigenvalue weighted by atomic mass is 16.3. The fourth-order valence-corrected chi connectivity index (χ4v) is 7.02. The van der Waals surface area contributed by atoms with E-state index < -0.39 is 0 Å². The van der Waals surface area contributed by atoms with Gasteiger partial charge in [0, 0.05) is 12.8 Å². The number of aliphatic hydroxyl groups is 1. The lowest BCUT2D eigenvalue weighted by atomic mass is 9.45. The molecule has 7 atom stereocenters. The largest absolute Gasteiger partial charge is 0.393 e. The molecular weight excluding hydrogens is 260 g/mol. The molecule has 0 aromatic carbocycles. The fourth-order valence-electron chi connectivity index (χ4n) is 7.02. The van der Waals surface area contributed by atoms with Gasteiger partial charge in [0.15, 0.2) is 0 Å². The molecule has 0 aromatic heterocycles. The number of ketones is 1. The number of hydrogen-bond acceptors (Lipinski definition) is 2. The maximum absolute atomic E-state index is 11.9. The molecule has 0 amide bonds. The van der Waals surface area contributed by atoms with Crippen molar-refractivity contribution in [3.8, 4) is 0 Å². The molecule has 0 spiro atoms. The second kappa shape index (κ2) is 4.57. The van der Waals surface area contributed by atoms with Gasteiger partial charge in [0.05, 0.1) is 6.10 Å². The Morgan fingerprint density at radius 1 is 0.952 bits per heavy atom. The minimum absolute atomic E-state index is 0.0677. The van der Waals surface area contributed by atoms with Crippen LogP contribution >= 0.6 is 0 Å². The Balaban J connectivity index is 1.64. The molecule has 0 heterocycles. The van der Waals surface area contributed by atoms with Gasteiger partial charge in [-0.1, -0.05) is 13.8 Å². The minimum atomic E-state index is -0.0677. The Kier molecular flexibility index (Phi) is 3.10. The third-order valence-electron chi connectivity index (χ3n) is 8.43. The highest BCUT2D eigenvalue weighted by molar-refractivity contribution is 5.79. The standard InChI is InChI=1S/C19H30O2/c1-18-9-7-13(20)11-12(18)3-4-14-15-5-6-17(21)19(15,2)10-8-16(14)18/h12,14-17,21H,3-11H2,1-2H3/t12?,14-,15-,16-,17?,18-,19-/m0/s1. The van der Waals surface area contributed by atoms with Gasteiger partial charge in [-0.05, 0) is 79.4 Å². The molecule has 4 fully saturated rings. The van der Waals surface area contributed by atoms with E-state index >= 15 is 0 Å². The molecule has 0 bridgehead atoms. The highest BCUT2D eigenvalue weighted by Crippen LogP contribution is 2.65. The van der Waals surface area contributed by atoms with Crippen molar-refractivity contribution in [3.05, 3.63) is 0 Å². The number of rotatable bonds is 0. The Labute approximate surface area is 128 Å². The van der Waals surface area contributed by atoms with Crippen LogP contribution in [0.4, 0.5) is 0 Å². The molecule has 0 radical (unpaired) electrons. The zero-order valence-electron chi connectivity index (χ0n) is 13.6. The van der Waals surface area contributed by atoms with Gasteiger partial charge < -0.3 is 5.11 Å². The van der Waals surface area contributed by atoms with E-state index in [1.807, 2.05) is 0 Å². The first-order valence-corrected chi connectivity index (χ1v) is 9.15. The van der Waals surface area contributed by atoms with Crippen molar-refractivity contribution in [1.29, 1.82) is 0 Å². The van der Waals surface area contributed by atoms with Crippen molar-refractivity contribution in [2.24, 2.45) is 34.5 Å². The molecular formula is C19H30O2. The molecule has 2 nitrogen and oxygen atoms in total. The molecule has 2 unspecified atom stereocenters. The molecule has 4 rings (SSSR count). The summed E-state index contributed by atoms with van der Waals surface area (Å²) in [6.07, 6.45) is 10.0. The summed E-state index contributed by atoms with van der Waals surface area (Å²) in [5, 5.41) is 10.5. The van der Waals surface area contributed by atoms with Gasteiger partial charge in [0.2, 0.25) is 0 Å². The predicted octanol–water partition coefficient (Wildman–Crippen LogP) is 3.96. The number of carbonyl (C=O) groups is 1. The first-order chi connectivity index (χ1) is 9.95. The first-order valence-electron chi connectivity index (χ1n) is 9.15. The molecule has 1 N–H and O–H groups in total. The number of fused-ring (bicyclic) bond motifs is 5. The Morgan fingerprint density at radius 3 is 2.52 bits per heavy atom. The molecule has 0 aliphatic heterocycles. The van der Waals surface area contributed by atoms with Crippen LogP contribution in [0.3, 0.4) is 0 Å². The van der Waals surface area contributed by atoms with Crippen molar-refractivity contribution >= 4 is 5.78 Å². The van der Waals surface area contributed by atoms with Crippen LogP contribution in [-0.4, -0.2) is 17.0 Å². The lowest BCUT2D eigenvalue weighted by Crippen LogP contribution is -2.54. The normalized spacial score (nSPS) is 56.5. The molecule has 2 heteroatoms. The summed E-state index contributed by atoms with van der Waals surface area (Å²) in [6, 6.07) is 0. The van der Waals surface area contributed by atoms with E-state index in [9.17, 15) is 9.90 Å². The summed E-state index contributed by atoms with van der Waals surface area (Å²) in [6.45, 7) is 4.85. The van der Waals surface area contributed by atoms with Crippen LogP contribution in [0.15, 0.2) is 0 Å². The highest BCUT2D eigenvalue weighted by Gasteiger charge is 2.59. The van der Waals surface area contributed by atoms with Crippen LogP contribution in [0, 0.1) is 34.5 Å². The van der Waals surface area contributed by atoms with Gasteiger partial charge in [-0.3, -0.25) is 4.79 Å². The second-order valence-electron chi connectivity index (χ2n) is 9.04. The minimum Gasteiger partial charge on any atom is -0.393 e. The maximum atomic E-state index is 11.9. The summed E-state index contributed by atoms with van der Waals surface area (Å²) in [5.74, 6) is 3.52. The van der Waals surface area contributed by atoms with Gasteiger partial charge in [0.25, 0.3) is 0 Å². The smallest absolute Gasteiger partial charge is 0.133 e. The lowest BCUT2D eigenvalue weighted by Gasteiger charge is -2.60. The number of aliphatic hydroxyl groups excluding tert-OH is 1. The van der Waals surface area contributed by atoms with Crippen molar-refractivity contribution in [2.45, 2.75) is 77.7 Å². The van der Waals surface area contributed by atoms with Crippen LogP contribution in [0.25, 0.3) is 0 Å². The molecule has 4 aliphatic rings. The van der Waals surface area contributed by atoms with E-state index in [0.717, 1.165) is 43.4 Å². The number of Topliss-reactive ketones (excluding diaryl/α,β-unsaturated/α-hetero) is 1. The predicted molar refractivity (Wildman–Crippen MR) is 82.7 cm³/mol. The molecule has 4 aliphatic carbocycles. The molecule has 0 saturated heterocycles. The van der Waals surface area contributed by atoms with Gasteiger partial charge in [-0.25, -0.2) is 0 Å². The Hall–Kier alpha value is -0.370. The van der Waals surface area contributed by atoms with Gasteiger partial charge in [0.1, 0.15) is 5.78 Å². The number of hydrogen-bond donors (Lipinski definition) is 1. The van der Waals surface area contributed by atoms with E-state index in [4.69, 9.17) is 0 Å². The summed E-state index contributed by atoms with van der Waals surface area (Å²) < 4.78 is 0. The van der Waals surface area contributed by atoms with Gasteiger partial charge in [-0.2, -0.15) is 0 Å². The van der Waals surface area contributed by atoms with Crippen molar-refractivity contribution in [1.82, 2.24) is 0 Å². The van der Waals surface area contributed by atoms with Crippen LogP contribution in [0.2, 0.25) is 0 Å². The van der Waals surface area contributed by atoms with E-state index in [0.29, 0.717) is 17.1 Å². The lowest BCUT2D eigenvalue weighted by molar-refractivity contribution is -0.141. The van der Waals surface area contributed by atoms with Crippen LogP contribution in [0.5, 0.6) is 0 Å². The Bertz CT molecular complexity index is 458. The van der Waals surface area contributed by atoms with Crippen LogP contribution in [0.1, 0.15) is 71.6 Å². The molecule has 0 aromatic rings. The average Bonchev–Trinajstić information content (AvgIpc) is 2.76. The summed E-state index contributed by atoms with van der Waals surface area (Å²) in [4.78, 5) is 11.9. The van der Waals surface area contributed by atoms with E-state index in [2.05, 4.69) is 13.8 Å². The average molecular weight is 290 g/mol. The zero-order chi connectivity index (χ0) is 14.8. The zero-order valence-corrected chi connectivity index (χ0v) is 13.6. The van der Waals surface area contributed by atoms with E-state index in [1.54, 1.807) is 0 Å². The van der Waals surface area contributed by atoms with Gasteiger partial charge >= 0.3 is 0 Å². The number of carbonyl (C=O) groups excluding carboxylic acids is 1. The van der Waals surface area contributed by atoms with Crippen LogP contribution in [-0.2, 0) is 4.79 Å². The van der Waals surface area contributed by atoms with E-state index in [1.165, 1.54) is 32.1 Å². The topological polar surface area (TPSA) is 37.3 Å². The van der Waals surface area contributed by atoms with E-state index in [-0.39, 0.29) is 11.5 Å². The summed E-state index contributed by atoms with van der Waals surface area (Å²) in [5.41, 5.74) is 0.598. The third-order valence-corrected chi connectivity index (χ3v) is 8.43. The summed E-state index contributed by atoms with van der Waals surface area (Å²) >= 11 is 0. The van der Waals surface area contributed by atoms with Crippen molar-refractivity contribution < 1.29 is 9.90 Å².